The number of nitrogens with zero attached hydrogens (tertiary/aromatic N) is 2. The van der Waals surface area contributed by atoms with Gasteiger partial charge in [0.25, 0.3) is 11.5 Å². The van der Waals surface area contributed by atoms with E-state index in [1.165, 1.54) is 0 Å². The number of halogens is 1. The van der Waals surface area contributed by atoms with Crippen LogP contribution < -0.4 is 16.6 Å². The maximum absolute atomic E-state index is 13.1. The summed E-state index contributed by atoms with van der Waals surface area (Å²) in [7, 11) is 1.66. The summed E-state index contributed by atoms with van der Waals surface area (Å²) in [5.41, 5.74) is 2.06. The summed E-state index contributed by atoms with van der Waals surface area (Å²) in [5.74, 6) is -0.361. The number of benzene rings is 2. The molecule has 3 aromatic heterocycles. The number of hydrogen-bond acceptors (Lipinski definition) is 3. The molecule has 5 aromatic rings. The SMILES string of the molecule is Cn1cc(C(=O)NCCc2c[nH]c3ccccc23)c2[nH]c(=O)n(-c3ccc(Cl)cc3)c(=O)c21. The number of para-hydroxylation sites is 1. The maximum atomic E-state index is 13.1. The first-order chi connectivity index (χ1) is 15.9. The molecule has 166 valence electrons. The molecule has 0 aliphatic carbocycles. The number of nitrogens with one attached hydrogen (secondary N) is 3. The minimum absolute atomic E-state index is 0.210. The molecule has 33 heavy (non-hydrogen) atoms. The van der Waals surface area contributed by atoms with E-state index in [0.29, 0.717) is 23.7 Å². The summed E-state index contributed by atoms with van der Waals surface area (Å²) in [6, 6.07) is 14.4. The molecule has 5 rings (SSSR count). The van der Waals surface area contributed by atoms with Crippen molar-refractivity contribution in [2.24, 2.45) is 7.05 Å². The number of amides is 1. The fraction of sp³-hybridized carbons (Fsp3) is 0.125. The van der Waals surface area contributed by atoms with Crippen molar-refractivity contribution in [3.8, 4) is 5.69 Å². The van der Waals surface area contributed by atoms with Crippen molar-refractivity contribution in [1.29, 1.82) is 0 Å². The average Bonchev–Trinajstić information content (AvgIpc) is 3.36. The lowest BCUT2D eigenvalue weighted by Crippen LogP contribution is -2.34. The highest BCUT2D eigenvalue weighted by molar-refractivity contribution is 6.30. The second-order valence-electron chi connectivity index (χ2n) is 7.79. The Morgan fingerprint density at radius 3 is 2.64 bits per heavy atom. The van der Waals surface area contributed by atoms with E-state index in [1.54, 1.807) is 42.1 Å². The third-order valence-electron chi connectivity index (χ3n) is 5.71. The van der Waals surface area contributed by atoms with Gasteiger partial charge in [-0.05, 0) is 42.3 Å². The molecule has 3 heterocycles. The van der Waals surface area contributed by atoms with E-state index < -0.39 is 11.2 Å². The van der Waals surface area contributed by atoms with Gasteiger partial charge in [0.15, 0.2) is 0 Å². The highest BCUT2D eigenvalue weighted by Crippen LogP contribution is 2.19. The van der Waals surface area contributed by atoms with Crippen LogP contribution in [0.15, 0.2) is 70.5 Å². The minimum Gasteiger partial charge on any atom is -0.361 e. The Balaban J connectivity index is 1.43. The molecule has 0 bridgehead atoms. The number of aromatic amines is 2. The van der Waals surface area contributed by atoms with Gasteiger partial charge in [-0.2, -0.15) is 0 Å². The number of carbonyl (C=O) groups excluding carboxylic acids is 1. The fourth-order valence-corrected chi connectivity index (χ4v) is 4.24. The van der Waals surface area contributed by atoms with Crippen LogP contribution in [0.1, 0.15) is 15.9 Å². The number of aromatic nitrogens is 4. The van der Waals surface area contributed by atoms with Gasteiger partial charge in [-0.15, -0.1) is 0 Å². The van der Waals surface area contributed by atoms with Gasteiger partial charge in [0.05, 0.1) is 16.8 Å². The van der Waals surface area contributed by atoms with Crippen LogP contribution in [0.5, 0.6) is 0 Å². The Morgan fingerprint density at radius 2 is 1.85 bits per heavy atom. The number of H-pyrrole nitrogens is 2. The summed E-state index contributed by atoms with van der Waals surface area (Å²) in [4.78, 5) is 44.7. The molecule has 0 aliphatic heterocycles. The van der Waals surface area contributed by atoms with Gasteiger partial charge in [-0.3, -0.25) is 9.59 Å². The molecule has 0 fully saturated rings. The molecule has 0 radical (unpaired) electrons. The van der Waals surface area contributed by atoms with Gasteiger partial charge < -0.3 is 19.9 Å². The normalized spacial score (nSPS) is 11.3. The van der Waals surface area contributed by atoms with Crippen molar-refractivity contribution in [3.63, 3.8) is 0 Å². The average molecular weight is 462 g/mol. The lowest BCUT2D eigenvalue weighted by Gasteiger charge is -2.07. The smallest absolute Gasteiger partial charge is 0.333 e. The van der Waals surface area contributed by atoms with E-state index in [2.05, 4.69) is 15.3 Å². The number of hydrogen-bond donors (Lipinski definition) is 3. The van der Waals surface area contributed by atoms with Crippen LogP contribution in [-0.2, 0) is 13.5 Å². The summed E-state index contributed by atoms with van der Waals surface area (Å²) in [5, 5.41) is 4.50. The predicted octanol–water partition coefficient (Wildman–Crippen LogP) is 3.12. The van der Waals surface area contributed by atoms with E-state index in [4.69, 9.17) is 11.6 Å². The molecular weight excluding hydrogens is 442 g/mol. The van der Waals surface area contributed by atoms with E-state index in [0.717, 1.165) is 21.0 Å². The molecule has 8 nitrogen and oxygen atoms in total. The monoisotopic (exact) mass is 461 g/mol. The molecule has 1 amide bonds. The maximum Gasteiger partial charge on any atom is 0.333 e. The molecule has 9 heteroatoms. The van der Waals surface area contributed by atoms with Crippen molar-refractivity contribution in [1.82, 2.24) is 24.4 Å². The summed E-state index contributed by atoms with van der Waals surface area (Å²) >= 11 is 5.92. The molecule has 0 atom stereocenters. The van der Waals surface area contributed by atoms with Gasteiger partial charge in [0.1, 0.15) is 5.52 Å². The second kappa shape index (κ2) is 8.14. The molecule has 2 aromatic carbocycles. The van der Waals surface area contributed by atoms with Gasteiger partial charge in [0, 0.05) is 41.9 Å². The first kappa shape index (κ1) is 20.8. The van der Waals surface area contributed by atoms with Crippen LogP contribution in [0.25, 0.3) is 27.6 Å². The number of rotatable bonds is 5. The zero-order valence-corrected chi connectivity index (χ0v) is 18.4. The molecule has 3 N–H and O–H groups in total. The number of carbonyl (C=O) groups is 1. The summed E-state index contributed by atoms with van der Waals surface area (Å²) in [6.07, 6.45) is 4.13. The van der Waals surface area contributed by atoms with Crippen LogP contribution in [0.3, 0.4) is 0 Å². The molecule has 0 saturated heterocycles. The number of fused-ring (bicyclic) bond motifs is 2. The zero-order chi connectivity index (χ0) is 23.1. The molecule has 0 aliphatic rings. The standard InChI is InChI=1S/C24H20ClN5O3/c1-29-13-18(22(31)26-11-10-14-12-27-19-5-3-2-4-17(14)19)20-21(29)23(32)30(24(33)28-20)16-8-6-15(25)7-9-16/h2-9,12-13,27H,10-11H2,1H3,(H,26,31)(H,28,33). The van der Waals surface area contributed by atoms with E-state index >= 15 is 0 Å². The topological polar surface area (TPSA) is 105 Å². The van der Waals surface area contributed by atoms with Gasteiger partial charge in [0.2, 0.25) is 0 Å². The Morgan fingerprint density at radius 1 is 1.09 bits per heavy atom. The highest BCUT2D eigenvalue weighted by atomic mass is 35.5. The predicted molar refractivity (Wildman–Crippen MR) is 128 cm³/mol. The van der Waals surface area contributed by atoms with Crippen molar-refractivity contribution in [2.45, 2.75) is 6.42 Å². The third-order valence-corrected chi connectivity index (χ3v) is 5.96. The highest BCUT2D eigenvalue weighted by Gasteiger charge is 2.20. The minimum atomic E-state index is -0.631. The summed E-state index contributed by atoms with van der Waals surface area (Å²) < 4.78 is 2.58. The lowest BCUT2D eigenvalue weighted by atomic mass is 10.1. The Bertz CT molecular complexity index is 1620. The zero-order valence-electron chi connectivity index (χ0n) is 17.7. The van der Waals surface area contributed by atoms with E-state index in [1.807, 2.05) is 30.5 Å². The van der Waals surface area contributed by atoms with Crippen LogP contribution in [0.4, 0.5) is 0 Å². The van der Waals surface area contributed by atoms with Crippen LogP contribution in [0, 0.1) is 0 Å². The summed E-state index contributed by atoms with van der Waals surface area (Å²) in [6.45, 7) is 0.406. The van der Waals surface area contributed by atoms with E-state index in [9.17, 15) is 14.4 Å². The second-order valence-corrected chi connectivity index (χ2v) is 8.23. The van der Waals surface area contributed by atoms with Gasteiger partial charge in [-0.1, -0.05) is 29.8 Å². The molecular formula is C24H20ClN5O3. The molecule has 0 unspecified atom stereocenters. The third kappa shape index (κ3) is 3.64. The lowest BCUT2D eigenvalue weighted by molar-refractivity contribution is 0.0955. The Labute approximate surface area is 192 Å². The van der Waals surface area contributed by atoms with E-state index in [-0.39, 0.29) is 22.5 Å². The van der Waals surface area contributed by atoms with Gasteiger partial charge in [-0.25, -0.2) is 9.36 Å². The first-order valence-corrected chi connectivity index (χ1v) is 10.8. The van der Waals surface area contributed by atoms with Gasteiger partial charge >= 0.3 is 5.69 Å². The van der Waals surface area contributed by atoms with Crippen molar-refractivity contribution < 1.29 is 4.79 Å². The fourth-order valence-electron chi connectivity index (χ4n) is 4.11. The molecule has 0 saturated carbocycles. The Kier molecular flexibility index (Phi) is 5.14. The van der Waals surface area contributed by atoms with Crippen LogP contribution in [-0.4, -0.2) is 31.6 Å². The van der Waals surface area contributed by atoms with Crippen molar-refractivity contribution in [3.05, 3.63) is 97.9 Å². The van der Waals surface area contributed by atoms with Crippen molar-refractivity contribution >= 4 is 39.4 Å². The molecule has 0 spiro atoms. The largest absolute Gasteiger partial charge is 0.361 e. The van der Waals surface area contributed by atoms with Crippen molar-refractivity contribution in [2.75, 3.05) is 6.54 Å². The van der Waals surface area contributed by atoms with Crippen LogP contribution >= 0.6 is 11.6 Å². The number of aryl methyl sites for hydroxylation is 1. The Hall–Kier alpha value is -4.04. The first-order valence-electron chi connectivity index (χ1n) is 10.4. The quantitative estimate of drug-likeness (QED) is 0.374. The van der Waals surface area contributed by atoms with Crippen LogP contribution in [0.2, 0.25) is 5.02 Å².